The fourth-order valence-corrected chi connectivity index (χ4v) is 9.57. The quantitative estimate of drug-likeness (QED) is 0.209. The lowest BCUT2D eigenvalue weighted by atomic mass is 9.63. The van der Waals surface area contributed by atoms with Gasteiger partial charge in [0.15, 0.2) is 0 Å². The molecule has 1 saturated carbocycles. The normalized spacial score (nSPS) is 26.9. The number of carbonyl (C=O) groups excluding carboxylic acids is 1. The van der Waals surface area contributed by atoms with Gasteiger partial charge in [0.05, 0.1) is 25.0 Å². The summed E-state index contributed by atoms with van der Waals surface area (Å²) in [6, 6.07) is 12.3. The number of aryl methyl sites for hydroxylation is 1. The lowest BCUT2D eigenvalue weighted by Gasteiger charge is -2.53. The Morgan fingerprint density at radius 2 is 1.94 bits per heavy atom. The Hall–Kier alpha value is -2.47. The van der Waals surface area contributed by atoms with Crippen LogP contribution < -0.4 is 14.4 Å². The zero-order chi connectivity index (χ0) is 37.7. The van der Waals surface area contributed by atoms with Gasteiger partial charge in [-0.1, -0.05) is 50.1 Å². The van der Waals surface area contributed by atoms with Crippen molar-refractivity contribution < 1.29 is 23.2 Å². The summed E-state index contributed by atoms with van der Waals surface area (Å²) in [5.74, 6) is 1.23. The predicted octanol–water partition coefficient (Wildman–Crippen LogP) is 6.86. The molecule has 11 heteroatoms. The number of allylic oxidation sites excluding steroid dienone is 1. The van der Waals surface area contributed by atoms with Crippen LogP contribution >= 0.6 is 11.6 Å². The van der Waals surface area contributed by atoms with E-state index in [1.807, 2.05) is 39.2 Å². The van der Waals surface area contributed by atoms with E-state index in [2.05, 4.69) is 64.5 Å². The highest BCUT2D eigenvalue weighted by molar-refractivity contribution is 7.84. The van der Waals surface area contributed by atoms with Crippen LogP contribution in [0, 0.1) is 11.8 Å². The predicted molar refractivity (Wildman–Crippen MR) is 216 cm³/mol. The van der Waals surface area contributed by atoms with E-state index in [1.54, 1.807) is 6.07 Å². The Bertz CT molecular complexity index is 1620. The summed E-state index contributed by atoms with van der Waals surface area (Å²) in [5.41, 5.74) is 3.49. The minimum absolute atomic E-state index is 0.106. The van der Waals surface area contributed by atoms with Crippen LogP contribution in [0.4, 0.5) is 5.69 Å². The smallest absolute Gasteiger partial charge is 0.263 e. The summed E-state index contributed by atoms with van der Waals surface area (Å²) >= 11 is 6.51. The Labute approximate surface area is 325 Å². The Morgan fingerprint density at radius 1 is 1.11 bits per heavy atom. The van der Waals surface area contributed by atoms with Crippen LogP contribution in [0.15, 0.2) is 48.6 Å². The summed E-state index contributed by atoms with van der Waals surface area (Å²) in [6.07, 6.45) is 10.1. The monoisotopic (exact) mass is 768 g/mol. The number of methoxy groups -OCH3 is 1. The van der Waals surface area contributed by atoms with Gasteiger partial charge in [0, 0.05) is 80.7 Å². The van der Waals surface area contributed by atoms with Gasteiger partial charge in [-0.3, -0.25) is 19.3 Å². The van der Waals surface area contributed by atoms with Gasteiger partial charge in [-0.05, 0) is 99.7 Å². The molecule has 1 aliphatic carbocycles. The minimum atomic E-state index is -1.47. The zero-order valence-electron chi connectivity index (χ0n) is 32.7. The van der Waals surface area contributed by atoms with Gasteiger partial charge in [-0.2, -0.15) is 0 Å². The van der Waals surface area contributed by atoms with Crippen molar-refractivity contribution >= 4 is 34.2 Å². The maximum atomic E-state index is 13.4. The van der Waals surface area contributed by atoms with Crippen molar-refractivity contribution in [3.05, 3.63) is 70.3 Å². The number of ether oxygens (including phenoxy) is 3. The summed E-state index contributed by atoms with van der Waals surface area (Å²) in [5, 5.41) is 0.570. The molecule has 3 aliphatic heterocycles. The maximum Gasteiger partial charge on any atom is 0.263 e. The van der Waals surface area contributed by atoms with Gasteiger partial charge < -0.3 is 19.1 Å². The topological polar surface area (TPSA) is 83.6 Å². The highest BCUT2D eigenvalue weighted by Crippen LogP contribution is 2.47. The number of halogens is 1. The number of anilines is 1. The molecule has 292 valence electrons. The van der Waals surface area contributed by atoms with Crippen molar-refractivity contribution in [2.24, 2.45) is 11.8 Å². The SMILES string of the molecule is CC/C=C/[C@](CN1CCN2C[C@@H](C)OCC2C1)(OC)C1CCC1CN1CC(c2ccc(Cl)cc2CCC)COc2ccc(C(=O)NS(=O)C(C)C)cc21. The second-order valence-corrected chi connectivity index (χ2v) is 18.1. The fraction of sp³-hybridized carbons (Fsp3) is 0.643. The molecular weight excluding hydrogens is 708 g/mol. The van der Waals surface area contributed by atoms with Gasteiger partial charge in [0.1, 0.15) is 22.3 Å². The molecule has 2 saturated heterocycles. The molecular formula is C42H61ClN4O5S. The molecule has 3 heterocycles. The summed E-state index contributed by atoms with van der Waals surface area (Å²) in [4.78, 5) is 21.0. The van der Waals surface area contributed by atoms with Crippen LogP contribution in [0.25, 0.3) is 0 Å². The second-order valence-electron chi connectivity index (χ2n) is 15.9. The number of nitrogens with one attached hydrogen (secondary N) is 1. The highest BCUT2D eigenvalue weighted by atomic mass is 35.5. The molecule has 5 unspecified atom stereocenters. The lowest BCUT2D eigenvalue weighted by Crippen LogP contribution is -2.63. The molecule has 1 N–H and O–H groups in total. The number of nitrogens with zero attached hydrogens (tertiary/aromatic N) is 3. The van der Waals surface area contributed by atoms with Crippen molar-refractivity contribution in [1.82, 2.24) is 14.5 Å². The van der Waals surface area contributed by atoms with E-state index in [9.17, 15) is 9.00 Å². The van der Waals surface area contributed by atoms with Crippen molar-refractivity contribution in [3.63, 3.8) is 0 Å². The number of hydrogen-bond acceptors (Lipinski definition) is 8. The third-order valence-corrected chi connectivity index (χ3v) is 13.3. The van der Waals surface area contributed by atoms with Crippen LogP contribution in [0.3, 0.4) is 0 Å². The molecule has 4 aliphatic rings. The van der Waals surface area contributed by atoms with Gasteiger partial charge in [0.25, 0.3) is 5.91 Å². The molecule has 7 atom stereocenters. The molecule has 1 amide bonds. The first-order valence-corrected chi connectivity index (χ1v) is 21.5. The second kappa shape index (κ2) is 18.0. The molecule has 53 heavy (non-hydrogen) atoms. The van der Waals surface area contributed by atoms with E-state index < -0.39 is 16.6 Å². The highest BCUT2D eigenvalue weighted by Gasteiger charge is 2.49. The standard InChI is InChI=1S/C42H61ClN4O5S/c1-7-9-17-42(50-6,28-45-18-19-46-22-30(5)51-27-36(46)25-45)38-15-11-33(38)23-47-24-34(37-14-13-35(43)20-31(37)10-8-2)26-52-40-16-12-32(21-39(40)47)41(48)44-53(49)29(3)4/h9,12-14,16-17,20-21,29-30,33-34,36,38H,7-8,10-11,15,18-19,22-28H2,1-6H3,(H,44,48)/b17-9+/t30-,33?,34?,36?,38?,42-,53?/m1/s1. The number of morpholine rings is 1. The molecule has 2 aromatic carbocycles. The van der Waals surface area contributed by atoms with E-state index in [4.69, 9.17) is 25.8 Å². The number of fused-ring (bicyclic) bond motifs is 2. The molecule has 0 radical (unpaired) electrons. The van der Waals surface area contributed by atoms with Gasteiger partial charge >= 0.3 is 0 Å². The third kappa shape index (κ3) is 9.33. The van der Waals surface area contributed by atoms with Crippen molar-refractivity contribution in [2.75, 3.05) is 71.0 Å². The van der Waals surface area contributed by atoms with E-state index in [0.29, 0.717) is 36.2 Å². The Morgan fingerprint density at radius 3 is 2.66 bits per heavy atom. The molecule has 2 aromatic rings. The van der Waals surface area contributed by atoms with Crippen LogP contribution in [-0.4, -0.2) is 109 Å². The third-order valence-electron chi connectivity index (χ3n) is 11.9. The lowest BCUT2D eigenvalue weighted by molar-refractivity contribution is -0.117. The Balaban J connectivity index is 1.29. The van der Waals surface area contributed by atoms with Crippen molar-refractivity contribution in [3.8, 4) is 5.75 Å². The summed E-state index contributed by atoms with van der Waals surface area (Å²) in [7, 11) is 0.422. The summed E-state index contributed by atoms with van der Waals surface area (Å²) in [6.45, 7) is 18.0. The van der Waals surface area contributed by atoms with Gasteiger partial charge in [-0.25, -0.2) is 4.21 Å². The molecule has 6 rings (SSSR count). The first-order valence-electron chi connectivity index (χ1n) is 19.9. The first kappa shape index (κ1) is 40.2. The molecule has 3 fully saturated rings. The number of rotatable bonds is 14. The Kier molecular flexibility index (Phi) is 13.6. The molecule has 0 aromatic heterocycles. The van der Waals surface area contributed by atoms with Crippen LogP contribution in [0.2, 0.25) is 5.02 Å². The van der Waals surface area contributed by atoms with Gasteiger partial charge in [-0.15, -0.1) is 0 Å². The van der Waals surface area contributed by atoms with E-state index in [1.165, 1.54) is 11.1 Å². The van der Waals surface area contributed by atoms with Crippen LogP contribution in [0.1, 0.15) is 87.7 Å². The maximum absolute atomic E-state index is 13.4. The zero-order valence-corrected chi connectivity index (χ0v) is 34.2. The number of amides is 1. The average Bonchev–Trinajstić information content (AvgIpc) is 3.31. The largest absolute Gasteiger partial charge is 0.491 e. The van der Waals surface area contributed by atoms with Crippen molar-refractivity contribution in [1.29, 1.82) is 0 Å². The molecule has 9 nitrogen and oxygen atoms in total. The number of hydrogen-bond donors (Lipinski definition) is 1. The van der Waals surface area contributed by atoms with E-state index >= 15 is 0 Å². The summed E-state index contributed by atoms with van der Waals surface area (Å²) < 4.78 is 34.6. The molecule has 0 bridgehead atoms. The molecule has 0 spiro atoms. The minimum Gasteiger partial charge on any atom is -0.491 e. The van der Waals surface area contributed by atoms with Crippen LogP contribution in [0.5, 0.6) is 5.75 Å². The average molecular weight is 769 g/mol. The van der Waals surface area contributed by atoms with E-state index in [0.717, 1.165) is 101 Å². The fourth-order valence-electron chi connectivity index (χ4n) is 8.84. The van der Waals surface area contributed by atoms with E-state index in [-0.39, 0.29) is 17.1 Å². The van der Waals surface area contributed by atoms with Gasteiger partial charge in [0.2, 0.25) is 0 Å². The van der Waals surface area contributed by atoms with Crippen molar-refractivity contribution in [2.45, 2.75) is 95.6 Å². The number of piperazine rings is 1. The first-order chi connectivity index (χ1) is 25.5. The number of benzene rings is 2. The van der Waals surface area contributed by atoms with Crippen LogP contribution in [-0.2, 0) is 26.9 Å². The number of carbonyl (C=O) groups is 1.